The van der Waals surface area contributed by atoms with E-state index < -0.39 is 0 Å². The Labute approximate surface area is 110 Å². The maximum atomic E-state index is 10.0. The Morgan fingerprint density at radius 2 is 2.11 bits per heavy atom. The van der Waals surface area contributed by atoms with Crippen molar-refractivity contribution in [3.05, 3.63) is 23.8 Å². The average molecular weight is 251 g/mol. The lowest BCUT2D eigenvalue weighted by molar-refractivity contribution is 0.316. The fourth-order valence-corrected chi connectivity index (χ4v) is 1.88. The predicted molar refractivity (Wildman–Crippen MR) is 75.1 cm³/mol. The van der Waals surface area contributed by atoms with Gasteiger partial charge in [-0.05, 0) is 26.3 Å². The molecule has 1 aromatic rings. The van der Waals surface area contributed by atoms with Crippen molar-refractivity contribution in [3.8, 4) is 11.5 Å². The molecule has 0 spiro atoms. The van der Waals surface area contributed by atoms with Gasteiger partial charge in [-0.25, -0.2) is 0 Å². The number of hydrogen-bond donors (Lipinski definition) is 2. The molecule has 1 rings (SSSR count). The first-order valence-corrected chi connectivity index (χ1v) is 6.86. The number of benzene rings is 1. The SMILES string of the molecule is CCCCC(C)NCc1cccc(OCC)c1O. The Hall–Kier alpha value is -1.22. The highest BCUT2D eigenvalue weighted by atomic mass is 16.5. The summed E-state index contributed by atoms with van der Waals surface area (Å²) in [4.78, 5) is 0. The van der Waals surface area contributed by atoms with Crippen LogP contribution in [-0.4, -0.2) is 17.8 Å². The Morgan fingerprint density at radius 1 is 1.33 bits per heavy atom. The number of phenols is 1. The molecule has 0 aliphatic rings. The largest absolute Gasteiger partial charge is 0.504 e. The van der Waals surface area contributed by atoms with Crippen LogP contribution in [0.15, 0.2) is 18.2 Å². The fourth-order valence-electron chi connectivity index (χ4n) is 1.88. The summed E-state index contributed by atoms with van der Waals surface area (Å²) in [6.45, 7) is 7.54. The zero-order valence-electron chi connectivity index (χ0n) is 11.7. The van der Waals surface area contributed by atoms with Gasteiger partial charge in [0.2, 0.25) is 0 Å². The van der Waals surface area contributed by atoms with Gasteiger partial charge in [-0.3, -0.25) is 0 Å². The van der Waals surface area contributed by atoms with Crippen LogP contribution in [0, 0.1) is 0 Å². The van der Waals surface area contributed by atoms with Crippen molar-refractivity contribution in [1.82, 2.24) is 5.32 Å². The molecule has 0 heterocycles. The highest BCUT2D eigenvalue weighted by molar-refractivity contribution is 5.45. The number of hydrogen-bond acceptors (Lipinski definition) is 3. The molecule has 1 aromatic carbocycles. The first-order chi connectivity index (χ1) is 8.69. The van der Waals surface area contributed by atoms with Gasteiger partial charge in [0, 0.05) is 18.2 Å². The van der Waals surface area contributed by atoms with Gasteiger partial charge in [-0.2, -0.15) is 0 Å². The van der Waals surface area contributed by atoms with E-state index in [0.717, 1.165) is 5.56 Å². The molecule has 0 aliphatic heterocycles. The van der Waals surface area contributed by atoms with Gasteiger partial charge < -0.3 is 15.2 Å². The Bertz CT molecular complexity index is 352. The third-order valence-corrected chi connectivity index (χ3v) is 3.01. The summed E-state index contributed by atoms with van der Waals surface area (Å²) in [7, 11) is 0. The van der Waals surface area contributed by atoms with Crippen LogP contribution in [-0.2, 0) is 6.54 Å². The molecule has 0 aromatic heterocycles. The summed E-state index contributed by atoms with van der Waals surface area (Å²) in [6.07, 6.45) is 3.62. The minimum Gasteiger partial charge on any atom is -0.504 e. The van der Waals surface area contributed by atoms with Crippen LogP contribution in [0.5, 0.6) is 11.5 Å². The van der Waals surface area contributed by atoms with Gasteiger partial charge in [0.05, 0.1) is 6.61 Å². The van der Waals surface area contributed by atoms with Crippen LogP contribution >= 0.6 is 0 Å². The molecule has 2 N–H and O–H groups in total. The number of unbranched alkanes of at least 4 members (excludes halogenated alkanes) is 1. The molecule has 3 heteroatoms. The number of nitrogens with one attached hydrogen (secondary N) is 1. The van der Waals surface area contributed by atoms with Gasteiger partial charge in [0.1, 0.15) is 0 Å². The van der Waals surface area contributed by atoms with E-state index in [0.29, 0.717) is 24.9 Å². The third-order valence-electron chi connectivity index (χ3n) is 3.01. The van der Waals surface area contributed by atoms with Crippen LogP contribution in [0.1, 0.15) is 45.6 Å². The van der Waals surface area contributed by atoms with E-state index in [1.54, 1.807) is 6.07 Å². The molecule has 102 valence electrons. The van der Waals surface area contributed by atoms with Crippen LogP contribution in [0.2, 0.25) is 0 Å². The maximum Gasteiger partial charge on any atom is 0.162 e. The normalized spacial score (nSPS) is 12.4. The second kappa shape index (κ2) is 7.98. The van der Waals surface area contributed by atoms with Crippen molar-refractivity contribution >= 4 is 0 Å². The fraction of sp³-hybridized carbons (Fsp3) is 0.600. The molecular weight excluding hydrogens is 226 g/mol. The quantitative estimate of drug-likeness (QED) is 0.743. The molecule has 0 radical (unpaired) electrons. The van der Waals surface area contributed by atoms with Crippen molar-refractivity contribution in [2.45, 2.75) is 52.6 Å². The van der Waals surface area contributed by atoms with Crippen molar-refractivity contribution in [3.63, 3.8) is 0 Å². The van der Waals surface area contributed by atoms with Gasteiger partial charge in [0.25, 0.3) is 0 Å². The van der Waals surface area contributed by atoms with Gasteiger partial charge in [-0.1, -0.05) is 31.9 Å². The first kappa shape index (κ1) is 14.8. The summed E-state index contributed by atoms with van der Waals surface area (Å²) in [6, 6.07) is 6.11. The Balaban J connectivity index is 2.54. The molecular formula is C15H25NO2. The number of rotatable bonds is 8. The number of aromatic hydroxyl groups is 1. The first-order valence-electron chi connectivity index (χ1n) is 6.86. The molecule has 0 aliphatic carbocycles. The molecule has 1 unspecified atom stereocenters. The summed E-state index contributed by atoms with van der Waals surface area (Å²) < 4.78 is 5.37. The minimum atomic E-state index is 0.259. The lowest BCUT2D eigenvalue weighted by atomic mass is 10.1. The van der Waals surface area contributed by atoms with E-state index in [1.165, 1.54) is 19.3 Å². The molecule has 0 saturated heterocycles. The van der Waals surface area contributed by atoms with Crippen molar-refractivity contribution < 1.29 is 9.84 Å². The maximum absolute atomic E-state index is 10.0. The Morgan fingerprint density at radius 3 is 2.78 bits per heavy atom. The predicted octanol–water partition coefficient (Wildman–Crippen LogP) is 3.46. The summed E-state index contributed by atoms with van der Waals surface area (Å²) >= 11 is 0. The lowest BCUT2D eigenvalue weighted by Crippen LogP contribution is -2.25. The van der Waals surface area contributed by atoms with Crippen LogP contribution < -0.4 is 10.1 Å². The zero-order chi connectivity index (χ0) is 13.4. The van der Waals surface area contributed by atoms with E-state index in [-0.39, 0.29) is 5.75 Å². The molecule has 0 bridgehead atoms. The van der Waals surface area contributed by atoms with Crippen molar-refractivity contribution in [2.75, 3.05) is 6.61 Å². The molecule has 0 amide bonds. The van der Waals surface area contributed by atoms with Crippen LogP contribution in [0.3, 0.4) is 0 Å². The third kappa shape index (κ3) is 4.57. The zero-order valence-corrected chi connectivity index (χ0v) is 11.7. The summed E-state index contributed by atoms with van der Waals surface area (Å²) in [5.74, 6) is 0.826. The van der Waals surface area contributed by atoms with E-state index in [4.69, 9.17) is 4.74 Å². The highest BCUT2D eigenvalue weighted by Crippen LogP contribution is 2.29. The van der Waals surface area contributed by atoms with Crippen molar-refractivity contribution in [2.24, 2.45) is 0 Å². The van der Waals surface area contributed by atoms with E-state index in [1.807, 2.05) is 19.1 Å². The summed E-state index contributed by atoms with van der Waals surface area (Å²) in [5, 5.41) is 13.5. The Kier molecular flexibility index (Phi) is 6.58. The minimum absolute atomic E-state index is 0.259. The second-order valence-electron chi connectivity index (χ2n) is 4.62. The van der Waals surface area contributed by atoms with Crippen LogP contribution in [0.25, 0.3) is 0 Å². The van der Waals surface area contributed by atoms with E-state index in [2.05, 4.69) is 19.2 Å². The molecule has 3 nitrogen and oxygen atoms in total. The molecule has 18 heavy (non-hydrogen) atoms. The van der Waals surface area contributed by atoms with Gasteiger partial charge >= 0.3 is 0 Å². The van der Waals surface area contributed by atoms with Crippen LogP contribution in [0.4, 0.5) is 0 Å². The number of para-hydroxylation sites is 1. The highest BCUT2D eigenvalue weighted by Gasteiger charge is 2.08. The molecule has 1 atom stereocenters. The topological polar surface area (TPSA) is 41.5 Å². The smallest absolute Gasteiger partial charge is 0.162 e. The molecule has 0 saturated carbocycles. The van der Waals surface area contributed by atoms with Crippen molar-refractivity contribution in [1.29, 1.82) is 0 Å². The van der Waals surface area contributed by atoms with Gasteiger partial charge in [0.15, 0.2) is 11.5 Å². The molecule has 0 fully saturated rings. The standard InChI is InChI=1S/C15H25NO2/c1-4-6-8-12(3)16-11-13-9-7-10-14(15(13)17)18-5-2/h7,9-10,12,16-17H,4-6,8,11H2,1-3H3. The second-order valence-corrected chi connectivity index (χ2v) is 4.62. The van der Waals surface area contributed by atoms with E-state index in [9.17, 15) is 5.11 Å². The number of phenolic OH excluding ortho intramolecular Hbond substituents is 1. The average Bonchev–Trinajstić information content (AvgIpc) is 2.37. The van der Waals surface area contributed by atoms with Gasteiger partial charge in [-0.15, -0.1) is 0 Å². The lowest BCUT2D eigenvalue weighted by Gasteiger charge is -2.15. The van der Waals surface area contributed by atoms with E-state index >= 15 is 0 Å². The number of ether oxygens (including phenoxy) is 1. The monoisotopic (exact) mass is 251 g/mol. The summed E-state index contributed by atoms with van der Waals surface area (Å²) in [5.41, 5.74) is 0.893.